The summed E-state index contributed by atoms with van der Waals surface area (Å²) in [6.07, 6.45) is 3.48. The van der Waals surface area contributed by atoms with Gasteiger partial charge in [0.1, 0.15) is 6.04 Å². The maximum atomic E-state index is 10.8. The van der Waals surface area contributed by atoms with Crippen LogP contribution in [0.15, 0.2) is 18.5 Å². The fourth-order valence-electron chi connectivity index (χ4n) is 1.61. The van der Waals surface area contributed by atoms with Crippen LogP contribution < -0.4 is 0 Å². The molecule has 0 saturated carbocycles. The Hall–Kier alpha value is -2.25. The summed E-state index contributed by atoms with van der Waals surface area (Å²) in [5.74, 6) is -0.827. The van der Waals surface area contributed by atoms with Gasteiger partial charge in [-0.1, -0.05) is 6.92 Å². The van der Waals surface area contributed by atoms with Crippen LogP contribution in [-0.2, 0) is 11.3 Å². The van der Waals surface area contributed by atoms with E-state index in [4.69, 9.17) is 5.11 Å². The molecule has 0 aliphatic rings. The number of carboxylic acids is 1. The normalized spacial score (nSPS) is 14.3. The highest BCUT2D eigenvalue weighted by atomic mass is 16.4. The smallest absolute Gasteiger partial charge is 0.308 e. The minimum Gasteiger partial charge on any atom is -0.481 e. The van der Waals surface area contributed by atoms with Crippen LogP contribution in [-0.4, -0.2) is 41.1 Å². The van der Waals surface area contributed by atoms with Gasteiger partial charge in [-0.2, -0.15) is 5.10 Å². The van der Waals surface area contributed by atoms with Gasteiger partial charge in [-0.25, -0.2) is 4.68 Å². The lowest BCUT2D eigenvalue weighted by Gasteiger charge is -2.13. The minimum absolute atomic E-state index is 0.143. The van der Waals surface area contributed by atoms with E-state index in [1.807, 2.05) is 19.2 Å². The van der Waals surface area contributed by atoms with Crippen molar-refractivity contribution in [2.24, 2.45) is 5.92 Å². The lowest BCUT2D eigenvalue weighted by molar-refractivity contribution is -0.141. The molecule has 0 bridgehead atoms. The fourth-order valence-corrected chi connectivity index (χ4v) is 1.61. The maximum absolute atomic E-state index is 10.8. The van der Waals surface area contributed by atoms with Gasteiger partial charge in [-0.05, 0) is 23.4 Å². The van der Waals surface area contributed by atoms with Gasteiger partial charge in [0.15, 0.2) is 5.82 Å². The Balaban J connectivity index is 2.20. The van der Waals surface area contributed by atoms with Gasteiger partial charge in [0, 0.05) is 12.4 Å². The summed E-state index contributed by atoms with van der Waals surface area (Å²) in [5, 5.41) is 24.4. The van der Waals surface area contributed by atoms with Crippen LogP contribution in [0.2, 0.25) is 0 Å². The van der Waals surface area contributed by atoms with Crippen molar-refractivity contribution in [3.63, 3.8) is 0 Å². The van der Waals surface area contributed by atoms with E-state index in [1.54, 1.807) is 17.8 Å². The molecule has 96 valence electrons. The lowest BCUT2D eigenvalue weighted by atomic mass is 10.2. The lowest BCUT2D eigenvalue weighted by Crippen LogP contribution is -2.21. The standard InChI is InChI=1S/C10H14N6O2/c1-7(10(17)18)6-16-9(12-13-14-16)8(2)15-5-3-4-11-15/h3-5,7-8H,6H2,1-2H3,(H,17,18). The van der Waals surface area contributed by atoms with Crippen molar-refractivity contribution in [2.75, 3.05) is 0 Å². The second kappa shape index (κ2) is 4.94. The Bertz CT molecular complexity index is 520. The van der Waals surface area contributed by atoms with Crippen LogP contribution >= 0.6 is 0 Å². The molecule has 1 N–H and O–H groups in total. The van der Waals surface area contributed by atoms with Gasteiger partial charge in [-0.3, -0.25) is 9.48 Å². The Labute approximate surface area is 103 Å². The van der Waals surface area contributed by atoms with Gasteiger partial charge in [0.05, 0.1) is 12.5 Å². The zero-order chi connectivity index (χ0) is 13.1. The minimum atomic E-state index is -0.872. The zero-order valence-corrected chi connectivity index (χ0v) is 10.1. The summed E-state index contributed by atoms with van der Waals surface area (Å²) in [4.78, 5) is 10.8. The number of tetrazole rings is 1. The third-order valence-electron chi connectivity index (χ3n) is 2.72. The topological polar surface area (TPSA) is 98.7 Å². The number of rotatable bonds is 5. The maximum Gasteiger partial charge on any atom is 0.308 e. The van der Waals surface area contributed by atoms with Crippen molar-refractivity contribution < 1.29 is 9.90 Å². The SMILES string of the molecule is CC(Cn1nnnc1C(C)n1cccn1)C(=O)O. The van der Waals surface area contributed by atoms with Gasteiger partial charge in [0.25, 0.3) is 0 Å². The third-order valence-corrected chi connectivity index (χ3v) is 2.72. The second-order valence-corrected chi connectivity index (χ2v) is 4.12. The molecule has 8 heteroatoms. The summed E-state index contributed by atoms with van der Waals surface area (Å²) in [5.41, 5.74) is 0. The van der Waals surface area contributed by atoms with Crippen molar-refractivity contribution in [3.05, 3.63) is 24.3 Å². The first-order chi connectivity index (χ1) is 8.59. The molecule has 2 atom stereocenters. The molecule has 2 aromatic rings. The monoisotopic (exact) mass is 250 g/mol. The first-order valence-corrected chi connectivity index (χ1v) is 5.57. The summed E-state index contributed by atoms with van der Waals surface area (Å²) in [6, 6.07) is 1.67. The summed E-state index contributed by atoms with van der Waals surface area (Å²) >= 11 is 0. The molecule has 0 aliphatic carbocycles. The van der Waals surface area contributed by atoms with Crippen molar-refractivity contribution >= 4 is 5.97 Å². The number of hydrogen-bond acceptors (Lipinski definition) is 5. The predicted molar refractivity (Wildman–Crippen MR) is 60.7 cm³/mol. The fraction of sp³-hybridized carbons (Fsp3) is 0.500. The van der Waals surface area contributed by atoms with Gasteiger partial charge in [-0.15, -0.1) is 5.10 Å². The van der Waals surface area contributed by atoms with Crippen LogP contribution in [0.25, 0.3) is 0 Å². The summed E-state index contributed by atoms with van der Waals surface area (Å²) in [6.45, 7) is 3.76. The molecule has 2 aromatic heterocycles. The molecular weight excluding hydrogens is 236 g/mol. The first kappa shape index (κ1) is 12.2. The zero-order valence-electron chi connectivity index (χ0n) is 10.1. The second-order valence-electron chi connectivity index (χ2n) is 4.12. The molecule has 2 unspecified atom stereocenters. The van der Waals surface area contributed by atoms with Crippen molar-refractivity contribution in [2.45, 2.75) is 26.4 Å². The summed E-state index contributed by atoms with van der Waals surface area (Å²) in [7, 11) is 0. The molecule has 0 amide bonds. The highest BCUT2D eigenvalue weighted by Gasteiger charge is 2.20. The molecule has 0 radical (unpaired) electrons. The van der Waals surface area contributed by atoms with E-state index >= 15 is 0 Å². The molecular formula is C10H14N6O2. The van der Waals surface area contributed by atoms with E-state index in [2.05, 4.69) is 20.6 Å². The van der Waals surface area contributed by atoms with Crippen LogP contribution in [0.5, 0.6) is 0 Å². The molecule has 0 fully saturated rings. The van der Waals surface area contributed by atoms with Gasteiger partial charge < -0.3 is 5.11 Å². The average molecular weight is 250 g/mol. The van der Waals surface area contributed by atoms with E-state index in [1.165, 1.54) is 4.68 Å². The van der Waals surface area contributed by atoms with E-state index in [0.717, 1.165) is 0 Å². The highest BCUT2D eigenvalue weighted by Crippen LogP contribution is 2.14. The molecule has 0 aromatic carbocycles. The van der Waals surface area contributed by atoms with E-state index in [0.29, 0.717) is 5.82 Å². The highest BCUT2D eigenvalue weighted by molar-refractivity contribution is 5.69. The largest absolute Gasteiger partial charge is 0.481 e. The number of nitrogens with zero attached hydrogens (tertiary/aromatic N) is 6. The number of carboxylic acid groups (broad SMARTS) is 1. The molecule has 0 saturated heterocycles. The molecule has 18 heavy (non-hydrogen) atoms. The van der Waals surface area contributed by atoms with Crippen LogP contribution in [0.4, 0.5) is 0 Å². The molecule has 0 spiro atoms. The summed E-state index contributed by atoms with van der Waals surface area (Å²) < 4.78 is 3.22. The number of aromatic nitrogens is 6. The molecule has 8 nitrogen and oxygen atoms in total. The Morgan fingerprint density at radius 3 is 2.89 bits per heavy atom. The molecule has 2 rings (SSSR count). The Kier molecular flexibility index (Phi) is 3.35. The predicted octanol–water partition coefficient (Wildman–Crippen LogP) is 0.200. The van der Waals surface area contributed by atoms with E-state index < -0.39 is 11.9 Å². The first-order valence-electron chi connectivity index (χ1n) is 5.57. The van der Waals surface area contributed by atoms with Gasteiger partial charge in [0.2, 0.25) is 0 Å². The molecule has 0 aliphatic heterocycles. The van der Waals surface area contributed by atoms with E-state index in [-0.39, 0.29) is 12.6 Å². The van der Waals surface area contributed by atoms with E-state index in [9.17, 15) is 4.79 Å². The van der Waals surface area contributed by atoms with Crippen LogP contribution in [0.3, 0.4) is 0 Å². The van der Waals surface area contributed by atoms with Crippen molar-refractivity contribution in [1.82, 2.24) is 30.0 Å². The van der Waals surface area contributed by atoms with Gasteiger partial charge >= 0.3 is 5.97 Å². The number of aliphatic carboxylic acids is 1. The van der Waals surface area contributed by atoms with Crippen molar-refractivity contribution in [1.29, 1.82) is 0 Å². The van der Waals surface area contributed by atoms with Crippen LogP contribution in [0, 0.1) is 5.92 Å². The number of carbonyl (C=O) groups is 1. The third kappa shape index (κ3) is 2.36. The Morgan fingerprint density at radius 2 is 2.28 bits per heavy atom. The van der Waals surface area contributed by atoms with Crippen molar-refractivity contribution in [3.8, 4) is 0 Å². The number of hydrogen-bond donors (Lipinski definition) is 1. The quantitative estimate of drug-likeness (QED) is 0.813. The Morgan fingerprint density at radius 1 is 1.50 bits per heavy atom. The van der Waals surface area contributed by atoms with Crippen LogP contribution in [0.1, 0.15) is 25.7 Å². The average Bonchev–Trinajstić information content (AvgIpc) is 2.98. The molecule has 2 heterocycles.